The average Bonchev–Trinajstić information content (AvgIpc) is 3.51. The van der Waals surface area contributed by atoms with Crippen LogP contribution in [0.1, 0.15) is 63.6 Å². The summed E-state index contributed by atoms with van der Waals surface area (Å²) >= 11 is 1.90. The molecule has 48 heavy (non-hydrogen) atoms. The van der Waals surface area contributed by atoms with E-state index >= 15 is 0 Å². The van der Waals surface area contributed by atoms with Crippen molar-refractivity contribution < 1.29 is 0 Å². The molecular formula is C46H47NS. The SMILES string of the molecule is C=C/C(=C\C=C(/C)N(C)C(=C)CCC/C(=C\C)c1cccc2c1sc1ccccc12)c1ccc(-c2ccccc2)c(/C(C)=C/C=C\C)c1. The topological polar surface area (TPSA) is 3.24 Å². The summed E-state index contributed by atoms with van der Waals surface area (Å²) in [4.78, 5) is 2.22. The molecule has 0 aliphatic heterocycles. The van der Waals surface area contributed by atoms with Gasteiger partial charge in [0.2, 0.25) is 0 Å². The van der Waals surface area contributed by atoms with Gasteiger partial charge in [0.25, 0.3) is 0 Å². The Morgan fingerprint density at radius 3 is 2.29 bits per heavy atom. The average molecular weight is 646 g/mol. The fraction of sp³-hybridized carbons (Fsp3) is 0.174. The summed E-state index contributed by atoms with van der Waals surface area (Å²) in [6, 6.07) is 32.8. The Balaban J connectivity index is 1.29. The van der Waals surface area contributed by atoms with Gasteiger partial charge in [0.05, 0.1) is 0 Å². The highest BCUT2D eigenvalue weighted by Gasteiger charge is 2.13. The molecule has 0 bridgehead atoms. The first-order valence-corrected chi connectivity index (χ1v) is 17.7. The Hall–Kier alpha value is -4.92. The molecule has 0 amide bonds. The molecule has 4 aromatic carbocycles. The van der Waals surface area contributed by atoms with Gasteiger partial charge in [-0.2, -0.15) is 0 Å². The lowest BCUT2D eigenvalue weighted by Gasteiger charge is -2.22. The molecule has 0 fully saturated rings. The third-order valence-electron chi connectivity index (χ3n) is 9.14. The third-order valence-corrected chi connectivity index (χ3v) is 10.4. The van der Waals surface area contributed by atoms with E-state index in [1.807, 2.05) is 24.3 Å². The van der Waals surface area contributed by atoms with E-state index in [4.69, 9.17) is 0 Å². The van der Waals surface area contributed by atoms with E-state index in [9.17, 15) is 0 Å². The summed E-state index contributed by atoms with van der Waals surface area (Å²) in [7, 11) is 2.12. The van der Waals surface area contributed by atoms with Gasteiger partial charge < -0.3 is 4.90 Å². The molecule has 2 heteroatoms. The molecule has 0 N–H and O–H groups in total. The van der Waals surface area contributed by atoms with Crippen molar-refractivity contribution in [3.05, 3.63) is 175 Å². The first-order valence-electron chi connectivity index (χ1n) is 16.8. The molecule has 1 nitrogen and oxygen atoms in total. The fourth-order valence-electron chi connectivity index (χ4n) is 6.19. The molecule has 0 atom stereocenters. The highest BCUT2D eigenvalue weighted by Crippen LogP contribution is 2.39. The molecule has 5 rings (SSSR count). The van der Waals surface area contributed by atoms with Crippen LogP contribution in [0.25, 0.3) is 48.0 Å². The minimum absolute atomic E-state index is 0.932. The summed E-state index contributed by atoms with van der Waals surface area (Å²) in [6.45, 7) is 17.2. The van der Waals surface area contributed by atoms with Gasteiger partial charge in [0.15, 0.2) is 0 Å². The molecule has 0 unspecified atom stereocenters. The number of thiophene rings is 1. The number of hydrogen-bond donors (Lipinski definition) is 0. The zero-order valence-electron chi connectivity index (χ0n) is 29.1. The van der Waals surface area contributed by atoms with Crippen LogP contribution in [0.3, 0.4) is 0 Å². The number of hydrogen-bond acceptors (Lipinski definition) is 2. The van der Waals surface area contributed by atoms with Crippen molar-refractivity contribution in [3.8, 4) is 11.1 Å². The lowest BCUT2D eigenvalue weighted by Crippen LogP contribution is -2.14. The van der Waals surface area contributed by atoms with Gasteiger partial charge >= 0.3 is 0 Å². The van der Waals surface area contributed by atoms with E-state index < -0.39 is 0 Å². The van der Waals surface area contributed by atoms with E-state index in [1.165, 1.54) is 53.6 Å². The normalized spacial score (nSPS) is 13.1. The van der Waals surface area contributed by atoms with Crippen molar-refractivity contribution in [1.82, 2.24) is 4.90 Å². The number of rotatable bonds is 13. The monoisotopic (exact) mass is 645 g/mol. The second kappa shape index (κ2) is 16.3. The van der Waals surface area contributed by atoms with Crippen molar-refractivity contribution in [2.24, 2.45) is 0 Å². The smallest absolute Gasteiger partial charge is 0.0430 e. The molecule has 0 aliphatic carbocycles. The standard InChI is InChI=1S/C46H47NS/c1-8-11-19-33(4)44-32-39(30-31-40(44)38-21-13-12-14-22-38)36(9-2)29-28-35(6)47(7)34(5)20-17-23-37(10-3)41-25-18-26-43-42-24-15-16-27-45(42)48-46(41)43/h8-16,18-19,21-22,24-32H,2,5,17,20,23H2,1,3-4,6-7H3/b11-8-,33-19+,35-28+,36-29+,37-10+. The quantitative estimate of drug-likeness (QED) is 0.115. The Bertz CT molecular complexity index is 2080. The van der Waals surface area contributed by atoms with E-state index in [1.54, 1.807) is 0 Å². The number of benzene rings is 4. The Labute approximate surface area is 292 Å². The summed E-state index contributed by atoms with van der Waals surface area (Å²) in [5.74, 6) is 0. The number of allylic oxidation sites excluding steroid dienone is 12. The zero-order valence-corrected chi connectivity index (χ0v) is 29.9. The van der Waals surface area contributed by atoms with Crippen LogP contribution in [0.5, 0.6) is 0 Å². The first-order chi connectivity index (χ1) is 23.4. The Kier molecular flexibility index (Phi) is 11.7. The maximum atomic E-state index is 4.46. The maximum Gasteiger partial charge on any atom is 0.0430 e. The van der Waals surface area contributed by atoms with E-state index in [0.717, 1.165) is 41.8 Å². The Morgan fingerprint density at radius 1 is 0.792 bits per heavy atom. The van der Waals surface area contributed by atoms with E-state index in [-0.39, 0.29) is 0 Å². The van der Waals surface area contributed by atoms with Gasteiger partial charge in [-0.25, -0.2) is 0 Å². The molecule has 242 valence electrons. The molecule has 0 aliphatic rings. The van der Waals surface area contributed by atoms with Gasteiger partial charge in [-0.05, 0) is 110 Å². The van der Waals surface area contributed by atoms with Crippen molar-refractivity contribution in [2.75, 3.05) is 7.05 Å². The molecule has 0 saturated heterocycles. The van der Waals surface area contributed by atoms with Crippen LogP contribution in [0.2, 0.25) is 0 Å². The van der Waals surface area contributed by atoms with Crippen LogP contribution in [0, 0.1) is 0 Å². The summed E-state index contributed by atoms with van der Waals surface area (Å²) < 4.78 is 2.74. The van der Waals surface area contributed by atoms with Crippen LogP contribution >= 0.6 is 11.3 Å². The van der Waals surface area contributed by atoms with Crippen LogP contribution in [0.15, 0.2) is 158 Å². The van der Waals surface area contributed by atoms with Crippen LogP contribution in [-0.4, -0.2) is 11.9 Å². The predicted molar refractivity (Wildman–Crippen MR) is 216 cm³/mol. The van der Waals surface area contributed by atoms with Crippen molar-refractivity contribution >= 4 is 48.2 Å². The summed E-state index contributed by atoms with van der Waals surface area (Å²) in [6.07, 6.45) is 17.9. The van der Waals surface area contributed by atoms with Gasteiger partial charge in [-0.15, -0.1) is 11.3 Å². The van der Waals surface area contributed by atoms with Crippen molar-refractivity contribution in [1.29, 1.82) is 0 Å². The van der Waals surface area contributed by atoms with Gasteiger partial charge in [-0.1, -0.05) is 128 Å². The number of fused-ring (bicyclic) bond motifs is 3. The maximum absolute atomic E-state index is 4.46. The molecule has 5 aromatic rings. The van der Waals surface area contributed by atoms with Crippen LogP contribution in [-0.2, 0) is 0 Å². The van der Waals surface area contributed by atoms with E-state index in [2.05, 4.69) is 173 Å². The minimum Gasteiger partial charge on any atom is -0.352 e. The lowest BCUT2D eigenvalue weighted by atomic mass is 9.91. The highest BCUT2D eigenvalue weighted by molar-refractivity contribution is 7.26. The largest absolute Gasteiger partial charge is 0.352 e. The molecule has 0 spiro atoms. The van der Waals surface area contributed by atoms with Crippen molar-refractivity contribution in [2.45, 2.75) is 47.0 Å². The Morgan fingerprint density at radius 2 is 1.54 bits per heavy atom. The van der Waals surface area contributed by atoms with Crippen LogP contribution in [0.4, 0.5) is 0 Å². The zero-order chi connectivity index (χ0) is 34.0. The molecule has 0 radical (unpaired) electrons. The predicted octanol–water partition coefficient (Wildman–Crippen LogP) is 13.9. The molecule has 0 saturated carbocycles. The van der Waals surface area contributed by atoms with Crippen LogP contribution < -0.4 is 0 Å². The van der Waals surface area contributed by atoms with Gasteiger partial charge in [-0.3, -0.25) is 0 Å². The van der Waals surface area contributed by atoms with Gasteiger partial charge in [0.1, 0.15) is 0 Å². The molecule has 1 aromatic heterocycles. The third kappa shape index (κ3) is 7.78. The lowest BCUT2D eigenvalue weighted by molar-refractivity contribution is 0.492. The van der Waals surface area contributed by atoms with Gasteiger partial charge in [0, 0.05) is 38.6 Å². The second-order valence-electron chi connectivity index (χ2n) is 12.2. The second-order valence-corrected chi connectivity index (χ2v) is 13.3. The summed E-state index contributed by atoms with van der Waals surface area (Å²) in [5, 5.41) is 2.70. The number of nitrogens with zero attached hydrogens (tertiary/aromatic N) is 1. The first kappa shape index (κ1) is 34.4. The molecule has 1 heterocycles. The fourth-order valence-corrected chi connectivity index (χ4v) is 7.44. The van der Waals surface area contributed by atoms with E-state index in [0.29, 0.717) is 0 Å². The van der Waals surface area contributed by atoms with Crippen molar-refractivity contribution in [3.63, 3.8) is 0 Å². The minimum atomic E-state index is 0.932. The summed E-state index contributed by atoms with van der Waals surface area (Å²) in [5.41, 5.74) is 12.1. The molecular weight excluding hydrogens is 599 g/mol. The highest BCUT2D eigenvalue weighted by atomic mass is 32.1.